The fourth-order valence-corrected chi connectivity index (χ4v) is 3.04. The topological polar surface area (TPSA) is 67.1 Å². The molecule has 1 heterocycles. The molecule has 0 spiro atoms. The Morgan fingerprint density at radius 1 is 1.32 bits per heavy atom. The maximum atomic E-state index is 11.3. The Bertz CT molecular complexity index is 486. The molecule has 1 saturated carbocycles. The number of carbonyl (C=O) groups excluding carboxylic acids is 1. The van der Waals surface area contributed by atoms with Crippen molar-refractivity contribution in [2.45, 2.75) is 50.7 Å². The Labute approximate surface area is 113 Å². The van der Waals surface area contributed by atoms with E-state index < -0.39 is 0 Å². The summed E-state index contributed by atoms with van der Waals surface area (Å²) in [5.41, 5.74) is 9.55. The van der Waals surface area contributed by atoms with Crippen molar-refractivity contribution in [3.8, 4) is 0 Å². The molecule has 4 nitrogen and oxygen atoms in total. The van der Waals surface area contributed by atoms with Gasteiger partial charge >= 0.3 is 0 Å². The molecule has 1 aromatic carbocycles. The first-order valence-electron chi connectivity index (χ1n) is 7.13. The van der Waals surface area contributed by atoms with Gasteiger partial charge in [-0.3, -0.25) is 4.79 Å². The van der Waals surface area contributed by atoms with Gasteiger partial charge in [-0.05, 0) is 36.5 Å². The molecule has 0 radical (unpaired) electrons. The summed E-state index contributed by atoms with van der Waals surface area (Å²) in [6, 6.07) is 7.05. The van der Waals surface area contributed by atoms with Crippen molar-refractivity contribution < 1.29 is 4.79 Å². The van der Waals surface area contributed by atoms with Crippen LogP contribution in [0.25, 0.3) is 0 Å². The minimum Gasteiger partial charge on any atom is -0.326 e. The highest BCUT2D eigenvalue weighted by Gasteiger charge is 2.23. The van der Waals surface area contributed by atoms with E-state index in [0.717, 1.165) is 25.1 Å². The molecule has 19 heavy (non-hydrogen) atoms. The highest BCUT2D eigenvalue weighted by molar-refractivity contribution is 5.93. The summed E-state index contributed by atoms with van der Waals surface area (Å²) in [5.74, 6) is 0.121. The number of anilines is 1. The lowest BCUT2D eigenvalue weighted by Crippen LogP contribution is -2.40. The van der Waals surface area contributed by atoms with Crippen LogP contribution in [-0.2, 0) is 17.8 Å². The molecule has 3 rings (SSSR count). The van der Waals surface area contributed by atoms with E-state index in [1.165, 1.54) is 24.0 Å². The van der Waals surface area contributed by atoms with E-state index in [-0.39, 0.29) is 5.91 Å². The summed E-state index contributed by atoms with van der Waals surface area (Å²) < 4.78 is 0. The molecular formula is C15H21N3O. The highest BCUT2D eigenvalue weighted by atomic mass is 16.1. The molecule has 1 aromatic rings. The average molecular weight is 259 g/mol. The van der Waals surface area contributed by atoms with E-state index in [0.29, 0.717) is 18.5 Å². The molecule has 4 N–H and O–H groups in total. The molecular weight excluding hydrogens is 238 g/mol. The van der Waals surface area contributed by atoms with E-state index in [2.05, 4.69) is 22.8 Å². The van der Waals surface area contributed by atoms with Crippen LogP contribution >= 0.6 is 0 Å². The number of hydrogen-bond donors (Lipinski definition) is 3. The van der Waals surface area contributed by atoms with E-state index in [9.17, 15) is 4.79 Å². The summed E-state index contributed by atoms with van der Waals surface area (Å²) in [5, 5.41) is 6.46. The fraction of sp³-hybridized carbons (Fsp3) is 0.533. The zero-order valence-electron chi connectivity index (χ0n) is 11.1. The minimum atomic E-state index is 0.121. The molecule has 0 bridgehead atoms. The number of benzene rings is 1. The van der Waals surface area contributed by atoms with Gasteiger partial charge in [0.25, 0.3) is 0 Å². The van der Waals surface area contributed by atoms with Crippen molar-refractivity contribution in [3.63, 3.8) is 0 Å². The number of amides is 1. The largest absolute Gasteiger partial charge is 0.326 e. The Morgan fingerprint density at radius 2 is 2.21 bits per heavy atom. The van der Waals surface area contributed by atoms with Gasteiger partial charge in [-0.1, -0.05) is 18.6 Å². The SMILES string of the molecule is NC1CCCC1NCc1ccc2c(c1)CCC(=O)N2. The van der Waals surface area contributed by atoms with Crippen molar-refractivity contribution in [1.82, 2.24) is 5.32 Å². The third-order valence-corrected chi connectivity index (χ3v) is 4.20. The maximum absolute atomic E-state index is 11.3. The first-order valence-corrected chi connectivity index (χ1v) is 7.13. The quantitative estimate of drug-likeness (QED) is 0.771. The number of carbonyl (C=O) groups is 1. The Hall–Kier alpha value is -1.39. The Morgan fingerprint density at radius 3 is 3.00 bits per heavy atom. The van der Waals surface area contributed by atoms with Crippen molar-refractivity contribution in [3.05, 3.63) is 29.3 Å². The molecule has 4 heteroatoms. The van der Waals surface area contributed by atoms with Crippen LogP contribution < -0.4 is 16.4 Å². The van der Waals surface area contributed by atoms with Crippen LogP contribution in [0.15, 0.2) is 18.2 Å². The predicted molar refractivity (Wildman–Crippen MR) is 75.8 cm³/mol. The van der Waals surface area contributed by atoms with Gasteiger partial charge in [-0.25, -0.2) is 0 Å². The third-order valence-electron chi connectivity index (χ3n) is 4.20. The molecule has 0 aromatic heterocycles. The molecule has 1 aliphatic heterocycles. The molecule has 2 atom stereocenters. The lowest BCUT2D eigenvalue weighted by Gasteiger charge is -2.20. The lowest BCUT2D eigenvalue weighted by atomic mass is 10.00. The molecule has 1 amide bonds. The molecule has 1 fully saturated rings. The smallest absolute Gasteiger partial charge is 0.224 e. The maximum Gasteiger partial charge on any atom is 0.224 e. The van der Waals surface area contributed by atoms with Gasteiger partial charge in [0.05, 0.1) is 0 Å². The highest BCUT2D eigenvalue weighted by Crippen LogP contribution is 2.24. The first-order chi connectivity index (χ1) is 9.22. The van der Waals surface area contributed by atoms with Gasteiger partial charge in [-0.2, -0.15) is 0 Å². The zero-order valence-corrected chi connectivity index (χ0v) is 11.1. The minimum absolute atomic E-state index is 0.121. The van der Waals surface area contributed by atoms with Crippen molar-refractivity contribution in [2.75, 3.05) is 5.32 Å². The molecule has 0 saturated heterocycles. The molecule has 2 unspecified atom stereocenters. The van der Waals surface area contributed by atoms with Gasteiger partial charge < -0.3 is 16.4 Å². The normalized spacial score (nSPS) is 26.1. The molecule has 2 aliphatic rings. The Kier molecular flexibility index (Phi) is 3.53. The van der Waals surface area contributed by atoms with Crippen LogP contribution in [0.3, 0.4) is 0 Å². The summed E-state index contributed by atoms with van der Waals surface area (Å²) in [7, 11) is 0. The van der Waals surface area contributed by atoms with Gasteiger partial charge in [-0.15, -0.1) is 0 Å². The van der Waals surface area contributed by atoms with Crippen LogP contribution in [0.5, 0.6) is 0 Å². The van der Waals surface area contributed by atoms with Gasteiger partial charge in [0.15, 0.2) is 0 Å². The number of aryl methyl sites for hydroxylation is 1. The van der Waals surface area contributed by atoms with E-state index in [4.69, 9.17) is 5.73 Å². The van der Waals surface area contributed by atoms with E-state index in [1.807, 2.05) is 6.07 Å². The van der Waals surface area contributed by atoms with E-state index in [1.54, 1.807) is 0 Å². The first kappa shape index (κ1) is 12.6. The van der Waals surface area contributed by atoms with Crippen LogP contribution in [0, 0.1) is 0 Å². The van der Waals surface area contributed by atoms with Gasteiger partial charge in [0, 0.05) is 30.7 Å². The number of fused-ring (bicyclic) bond motifs is 1. The summed E-state index contributed by atoms with van der Waals surface area (Å²) in [6.07, 6.45) is 4.99. The van der Waals surface area contributed by atoms with Crippen LogP contribution in [-0.4, -0.2) is 18.0 Å². The van der Waals surface area contributed by atoms with Crippen molar-refractivity contribution >= 4 is 11.6 Å². The van der Waals surface area contributed by atoms with Gasteiger partial charge in [0.2, 0.25) is 5.91 Å². The number of hydrogen-bond acceptors (Lipinski definition) is 3. The number of nitrogens with two attached hydrogens (primary N) is 1. The number of rotatable bonds is 3. The van der Waals surface area contributed by atoms with E-state index >= 15 is 0 Å². The molecule has 102 valence electrons. The average Bonchev–Trinajstić information content (AvgIpc) is 2.82. The van der Waals surface area contributed by atoms with Crippen LogP contribution in [0.2, 0.25) is 0 Å². The standard InChI is InChI=1S/C15H21N3O/c16-12-2-1-3-14(12)17-9-10-4-6-13-11(8-10)5-7-15(19)18-13/h4,6,8,12,14,17H,1-3,5,7,9,16H2,(H,18,19). The van der Waals surface area contributed by atoms with Crippen LogP contribution in [0.4, 0.5) is 5.69 Å². The number of nitrogens with one attached hydrogen (secondary N) is 2. The fourth-order valence-electron chi connectivity index (χ4n) is 3.04. The summed E-state index contributed by atoms with van der Waals surface area (Å²) in [6.45, 7) is 0.861. The lowest BCUT2D eigenvalue weighted by molar-refractivity contribution is -0.116. The zero-order chi connectivity index (χ0) is 13.2. The van der Waals surface area contributed by atoms with Crippen LogP contribution in [0.1, 0.15) is 36.8 Å². The summed E-state index contributed by atoms with van der Waals surface area (Å²) >= 11 is 0. The second-order valence-corrected chi connectivity index (χ2v) is 5.62. The second-order valence-electron chi connectivity index (χ2n) is 5.62. The second kappa shape index (κ2) is 5.31. The predicted octanol–water partition coefficient (Wildman–Crippen LogP) is 1.54. The Balaban J connectivity index is 1.64. The molecule has 1 aliphatic carbocycles. The summed E-state index contributed by atoms with van der Waals surface area (Å²) in [4.78, 5) is 11.3. The van der Waals surface area contributed by atoms with Crippen molar-refractivity contribution in [2.24, 2.45) is 5.73 Å². The van der Waals surface area contributed by atoms with Crippen molar-refractivity contribution in [1.29, 1.82) is 0 Å². The third kappa shape index (κ3) is 2.80. The monoisotopic (exact) mass is 259 g/mol. The van der Waals surface area contributed by atoms with Gasteiger partial charge in [0.1, 0.15) is 0 Å².